The number of nitrogens with one attached hydrogen (secondary N) is 2. The number of hydrogen-bond donors (Lipinski definition) is 2. The summed E-state index contributed by atoms with van der Waals surface area (Å²) in [5.74, 6) is 0.149. The van der Waals surface area contributed by atoms with E-state index in [1.54, 1.807) is 6.07 Å². The number of fused-ring (bicyclic) bond motifs is 1. The molecule has 15 heteroatoms. The van der Waals surface area contributed by atoms with Gasteiger partial charge < -0.3 is 15.0 Å². The molecule has 0 saturated carbocycles. The zero-order chi connectivity index (χ0) is 23.3. The van der Waals surface area contributed by atoms with Crippen LogP contribution in [0.4, 0.5) is 14.5 Å². The number of ether oxygens (including phenoxy) is 1. The number of alkyl halides is 2. The molecule has 5 heterocycles. The summed E-state index contributed by atoms with van der Waals surface area (Å²) in [6.45, 7) is 5.95. The van der Waals surface area contributed by atoms with Crippen LogP contribution in [0.25, 0.3) is 16.5 Å². The van der Waals surface area contributed by atoms with Crippen molar-refractivity contribution in [1.82, 2.24) is 34.8 Å². The molecule has 0 aliphatic carbocycles. The van der Waals surface area contributed by atoms with Gasteiger partial charge in [0.25, 0.3) is 6.43 Å². The molecule has 2 aliphatic rings. The Morgan fingerprint density at radius 2 is 1.91 bits per heavy atom. The van der Waals surface area contributed by atoms with Gasteiger partial charge in [-0.1, -0.05) is 11.3 Å². The second-order valence-corrected chi connectivity index (χ2v) is 11.0. The molecular weight excluding hydrogens is 478 g/mol. The van der Waals surface area contributed by atoms with Crippen LogP contribution < -0.4 is 14.9 Å². The Labute approximate surface area is 192 Å². The molecule has 33 heavy (non-hydrogen) atoms. The zero-order valence-corrected chi connectivity index (χ0v) is 19.4. The van der Waals surface area contributed by atoms with Crippen LogP contribution in [-0.4, -0.2) is 77.6 Å². The number of anilines is 1. The second-order valence-electron chi connectivity index (χ2n) is 8.25. The Bertz CT molecular complexity index is 1270. The van der Waals surface area contributed by atoms with Crippen molar-refractivity contribution in [1.29, 1.82) is 0 Å². The third-order valence-electron chi connectivity index (χ3n) is 5.45. The van der Waals surface area contributed by atoms with Crippen LogP contribution in [0, 0.1) is 0 Å². The second kappa shape index (κ2) is 8.47. The van der Waals surface area contributed by atoms with Gasteiger partial charge in [-0.2, -0.15) is 0 Å². The molecule has 0 amide bonds. The van der Waals surface area contributed by atoms with Gasteiger partial charge >= 0.3 is 0 Å². The zero-order valence-electron chi connectivity index (χ0n) is 17.8. The van der Waals surface area contributed by atoms with Gasteiger partial charge in [0.15, 0.2) is 21.5 Å². The largest absolute Gasteiger partial charge is 0.378 e. The predicted octanol–water partition coefficient (Wildman–Crippen LogP) is 1.05. The van der Waals surface area contributed by atoms with E-state index in [1.807, 2.05) is 13.8 Å². The van der Waals surface area contributed by atoms with Crippen molar-refractivity contribution in [2.45, 2.75) is 43.3 Å². The maximum Gasteiger partial charge on any atom is 0.291 e. The lowest BCUT2D eigenvalue weighted by molar-refractivity contribution is 0.00482. The van der Waals surface area contributed by atoms with Gasteiger partial charge in [0, 0.05) is 31.4 Å². The lowest BCUT2D eigenvalue weighted by Gasteiger charge is -2.37. The number of piperazine rings is 1. The van der Waals surface area contributed by atoms with E-state index < -0.39 is 21.5 Å². The highest BCUT2D eigenvalue weighted by Crippen LogP contribution is 2.32. The van der Waals surface area contributed by atoms with Crippen LogP contribution in [0.1, 0.15) is 25.3 Å². The van der Waals surface area contributed by atoms with Gasteiger partial charge in [-0.3, -0.25) is 4.40 Å². The van der Waals surface area contributed by atoms with Gasteiger partial charge in [-0.15, -0.1) is 20.4 Å². The number of aromatic nitrogens is 5. The fourth-order valence-corrected chi connectivity index (χ4v) is 5.91. The fraction of sp³-hybridized carbons (Fsp3) is 0.556. The van der Waals surface area contributed by atoms with E-state index in [4.69, 9.17) is 4.74 Å². The van der Waals surface area contributed by atoms with Gasteiger partial charge in [0.1, 0.15) is 4.90 Å². The summed E-state index contributed by atoms with van der Waals surface area (Å²) in [4.78, 5) is 2.06. The highest BCUT2D eigenvalue weighted by atomic mass is 32.2. The molecule has 2 fully saturated rings. The van der Waals surface area contributed by atoms with Gasteiger partial charge in [0.2, 0.25) is 10.0 Å². The SMILES string of the molecule is C[C@H]1CN(c2cc(S(=O)(=O)NC3COC3)cn3c(-c4nnc(C(F)F)s4)nnc23)C[C@H](C)N1. The van der Waals surface area contributed by atoms with E-state index in [-0.39, 0.29) is 33.9 Å². The Balaban J connectivity index is 1.65. The van der Waals surface area contributed by atoms with Crippen molar-refractivity contribution in [3.05, 3.63) is 17.3 Å². The number of hydrogen-bond acceptors (Lipinski definition) is 10. The highest BCUT2D eigenvalue weighted by molar-refractivity contribution is 7.89. The topological polar surface area (TPSA) is 127 Å². The minimum absolute atomic E-state index is 0.00962. The highest BCUT2D eigenvalue weighted by Gasteiger charge is 2.30. The predicted molar refractivity (Wildman–Crippen MR) is 116 cm³/mol. The van der Waals surface area contributed by atoms with Crippen molar-refractivity contribution < 1.29 is 21.9 Å². The fourth-order valence-electron chi connectivity index (χ4n) is 4.01. The van der Waals surface area contributed by atoms with Gasteiger partial charge in [-0.25, -0.2) is 21.9 Å². The molecule has 0 unspecified atom stereocenters. The summed E-state index contributed by atoms with van der Waals surface area (Å²) in [6, 6.07) is 1.60. The van der Waals surface area contributed by atoms with Crippen LogP contribution in [0.3, 0.4) is 0 Å². The quantitative estimate of drug-likeness (QED) is 0.511. The summed E-state index contributed by atoms with van der Waals surface area (Å²) in [5, 5.41) is 18.9. The number of halogens is 2. The number of rotatable bonds is 6. The summed E-state index contributed by atoms with van der Waals surface area (Å²) in [7, 11) is -3.89. The first-order valence-corrected chi connectivity index (χ1v) is 12.6. The molecule has 0 radical (unpaired) electrons. The molecule has 2 saturated heterocycles. The first-order chi connectivity index (χ1) is 15.7. The monoisotopic (exact) mass is 500 g/mol. The number of sulfonamides is 1. The first-order valence-electron chi connectivity index (χ1n) is 10.3. The average Bonchev–Trinajstić information content (AvgIpc) is 3.36. The summed E-state index contributed by atoms with van der Waals surface area (Å²) < 4.78 is 61.5. The van der Waals surface area contributed by atoms with E-state index in [0.29, 0.717) is 49.0 Å². The molecule has 0 spiro atoms. The molecule has 2 N–H and O–H groups in total. The molecule has 0 aromatic carbocycles. The molecular formula is C18H22F2N8O3S2. The van der Waals surface area contributed by atoms with Crippen LogP contribution in [0.2, 0.25) is 0 Å². The van der Waals surface area contributed by atoms with Crippen LogP contribution >= 0.6 is 11.3 Å². The normalized spacial score (nSPS) is 22.3. The molecule has 11 nitrogen and oxygen atoms in total. The summed E-state index contributed by atoms with van der Waals surface area (Å²) >= 11 is 0.692. The molecule has 3 aromatic rings. The smallest absolute Gasteiger partial charge is 0.291 e. The maximum atomic E-state index is 13.1. The molecule has 2 aliphatic heterocycles. The Hall–Kier alpha value is -2.33. The Morgan fingerprint density at radius 1 is 1.18 bits per heavy atom. The van der Waals surface area contributed by atoms with Crippen molar-refractivity contribution in [2.75, 3.05) is 31.2 Å². The van der Waals surface area contributed by atoms with E-state index in [2.05, 4.69) is 35.3 Å². The van der Waals surface area contributed by atoms with E-state index in [0.717, 1.165) is 0 Å². The van der Waals surface area contributed by atoms with Crippen molar-refractivity contribution in [3.63, 3.8) is 0 Å². The summed E-state index contributed by atoms with van der Waals surface area (Å²) in [5.41, 5.74) is 0.992. The Morgan fingerprint density at radius 3 is 2.52 bits per heavy atom. The molecule has 0 bridgehead atoms. The third kappa shape index (κ3) is 4.30. The standard InChI is InChI=1S/C18H22F2N8O3S2/c1-9-4-27(5-10(2)21-9)13-3-12(33(29,30)26-11-7-31-8-11)6-28-15(13)22-23-16(28)18-25-24-17(32-18)14(19)20/h3,6,9-11,14,21,26H,4-5,7-8H2,1-2H3/t9-,10-/m0/s1. The van der Waals surface area contributed by atoms with Gasteiger partial charge in [-0.05, 0) is 19.9 Å². The van der Waals surface area contributed by atoms with Crippen LogP contribution in [0.5, 0.6) is 0 Å². The van der Waals surface area contributed by atoms with Crippen molar-refractivity contribution >= 4 is 32.7 Å². The number of nitrogens with zero attached hydrogens (tertiary/aromatic N) is 6. The van der Waals surface area contributed by atoms with Crippen LogP contribution in [-0.2, 0) is 14.8 Å². The third-order valence-corrected chi connectivity index (χ3v) is 7.86. The molecule has 2 atom stereocenters. The molecule has 3 aromatic heterocycles. The lowest BCUT2D eigenvalue weighted by atomic mass is 10.1. The van der Waals surface area contributed by atoms with E-state index in [1.165, 1.54) is 10.6 Å². The van der Waals surface area contributed by atoms with E-state index in [9.17, 15) is 17.2 Å². The summed E-state index contributed by atoms with van der Waals surface area (Å²) in [6.07, 6.45) is -1.38. The lowest BCUT2D eigenvalue weighted by Crippen LogP contribution is -2.54. The Kier molecular flexibility index (Phi) is 5.76. The number of pyridine rings is 1. The average molecular weight is 501 g/mol. The first kappa shape index (κ1) is 22.5. The molecule has 5 rings (SSSR count). The maximum absolute atomic E-state index is 13.1. The molecule has 178 valence electrons. The van der Waals surface area contributed by atoms with Gasteiger partial charge in [0.05, 0.1) is 24.9 Å². The minimum Gasteiger partial charge on any atom is -0.378 e. The van der Waals surface area contributed by atoms with E-state index >= 15 is 0 Å². The van der Waals surface area contributed by atoms with Crippen molar-refractivity contribution in [2.24, 2.45) is 0 Å². The van der Waals surface area contributed by atoms with Crippen LogP contribution in [0.15, 0.2) is 17.2 Å². The minimum atomic E-state index is -3.89. The van der Waals surface area contributed by atoms with Crippen molar-refractivity contribution in [3.8, 4) is 10.8 Å².